The van der Waals surface area contributed by atoms with Gasteiger partial charge in [0.15, 0.2) is 6.61 Å². The standard InChI is InChI=1S/C24H26N2O6S/c1-17-15-22(18(2)26(17)19-10-12-21(13-11-19)33(25,29)30)23(27)16-32-24(28)9-6-14-31-20-7-4-3-5-8-20/h3-5,7-8,10-13,15H,6,9,14,16H2,1-2H3,(H2,25,29,30). The van der Waals surface area contributed by atoms with E-state index in [1.165, 1.54) is 12.1 Å². The number of rotatable bonds is 10. The number of nitrogens with zero attached hydrogens (tertiary/aromatic N) is 1. The van der Waals surface area contributed by atoms with E-state index in [1.807, 2.05) is 41.8 Å². The Morgan fingerprint density at radius 3 is 2.30 bits per heavy atom. The van der Waals surface area contributed by atoms with Gasteiger partial charge in [-0.15, -0.1) is 0 Å². The quantitative estimate of drug-likeness (QED) is 0.276. The maximum Gasteiger partial charge on any atom is 0.306 e. The van der Waals surface area contributed by atoms with Crippen molar-refractivity contribution in [1.29, 1.82) is 0 Å². The van der Waals surface area contributed by atoms with Gasteiger partial charge in [-0.25, -0.2) is 13.6 Å². The molecule has 1 heterocycles. The lowest BCUT2D eigenvalue weighted by atomic mass is 10.1. The third kappa shape index (κ3) is 6.30. The number of esters is 1. The maximum atomic E-state index is 12.7. The molecule has 2 N–H and O–H groups in total. The number of para-hydroxylation sites is 1. The molecule has 0 atom stereocenters. The number of carbonyl (C=O) groups excluding carboxylic acids is 2. The number of ether oxygens (including phenoxy) is 2. The number of hydrogen-bond acceptors (Lipinski definition) is 6. The fourth-order valence-electron chi connectivity index (χ4n) is 3.45. The lowest BCUT2D eigenvalue weighted by Gasteiger charge is -2.11. The lowest BCUT2D eigenvalue weighted by Crippen LogP contribution is -2.15. The summed E-state index contributed by atoms with van der Waals surface area (Å²) >= 11 is 0. The Balaban J connectivity index is 1.55. The minimum Gasteiger partial charge on any atom is -0.494 e. The topological polar surface area (TPSA) is 118 Å². The Hall–Kier alpha value is -3.43. The largest absolute Gasteiger partial charge is 0.494 e. The summed E-state index contributed by atoms with van der Waals surface area (Å²) < 4.78 is 35.4. The zero-order valence-corrected chi connectivity index (χ0v) is 19.3. The molecule has 0 unspecified atom stereocenters. The Morgan fingerprint density at radius 2 is 1.67 bits per heavy atom. The first kappa shape index (κ1) is 24.2. The number of aromatic nitrogens is 1. The summed E-state index contributed by atoms with van der Waals surface area (Å²) in [7, 11) is -3.79. The zero-order valence-electron chi connectivity index (χ0n) is 18.5. The van der Waals surface area contributed by atoms with Crippen molar-refractivity contribution in [1.82, 2.24) is 4.57 Å². The molecule has 0 aliphatic rings. The van der Waals surface area contributed by atoms with Crippen molar-refractivity contribution in [2.45, 2.75) is 31.6 Å². The Labute approximate surface area is 193 Å². The first-order valence-electron chi connectivity index (χ1n) is 10.4. The molecule has 0 spiro atoms. The molecule has 9 heteroatoms. The van der Waals surface area contributed by atoms with Gasteiger partial charge in [-0.05, 0) is 62.7 Å². The van der Waals surface area contributed by atoms with E-state index >= 15 is 0 Å². The third-order valence-electron chi connectivity index (χ3n) is 5.06. The van der Waals surface area contributed by atoms with E-state index in [0.29, 0.717) is 30.0 Å². The number of sulfonamides is 1. The summed E-state index contributed by atoms with van der Waals surface area (Å²) in [5.41, 5.74) is 2.56. The minimum atomic E-state index is -3.79. The van der Waals surface area contributed by atoms with Gasteiger partial charge in [0.1, 0.15) is 5.75 Å². The zero-order chi connectivity index (χ0) is 24.0. The van der Waals surface area contributed by atoms with Crippen molar-refractivity contribution in [2.75, 3.05) is 13.2 Å². The second-order valence-electron chi connectivity index (χ2n) is 7.51. The fourth-order valence-corrected chi connectivity index (χ4v) is 3.96. The molecule has 3 rings (SSSR count). The molecule has 0 saturated heterocycles. The van der Waals surface area contributed by atoms with Gasteiger partial charge >= 0.3 is 5.97 Å². The highest BCUT2D eigenvalue weighted by Crippen LogP contribution is 2.22. The Morgan fingerprint density at radius 1 is 1.00 bits per heavy atom. The van der Waals surface area contributed by atoms with Crippen LogP contribution in [-0.4, -0.2) is 38.0 Å². The van der Waals surface area contributed by atoms with Crippen molar-refractivity contribution in [3.63, 3.8) is 0 Å². The molecular weight excluding hydrogens is 444 g/mol. The Kier molecular flexibility index (Phi) is 7.67. The molecular formula is C24H26N2O6S. The van der Waals surface area contributed by atoms with Crippen LogP contribution in [0.25, 0.3) is 5.69 Å². The van der Waals surface area contributed by atoms with Crippen LogP contribution in [0.15, 0.2) is 65.6 Å². The van der Waals surface area contributed by atoms with E-state index in [-0.39, 0.29) is 23.7 Å². The number of hydrogen-bond donors (Lipinski definition) is 1. The highest BCUT2D eigenvalue weighted by Gasteiger charge is 2.18. The SMILES string of the molecule is Cc1cc(C(=O)COC(=O)CCCOc2ccccc2)c(C)n1-c1ccc(S(N)(=O)=O)cc1. The number of ketones is 1. The first-order valence-corrected chi connectivity index (χ1v) is 11.9. The molecule has 0 bridgehead atoms. The van der Waals surface area contributed by atoms with Crippen LogP contribution >= 0.6 is 0 Å². The number of nitrogens with two attached hydrogens (primary N) is 1. The van der Waals surface area contributed by atoms with Crippen LogP contribution in [0.5, 0.6) is 5.75 Å². The number of aryl methyl sites for hydroxylation is 1. The highest BCUT2D eigenvalue weighted by molar-refractivity contribution is 7.89. The number of primary sulfonamides is 1. The van der Waals surface area contributed by atoms with E-state index in [9.17, 15) is 18.0 Å². The molecule has 0 fully saturated rings. The molecule has 2 aromatic carbocycles. The van der Waals surface area contributed by atoms with Crippen LogP contribution in [-0.2, 0) is 19.6 Å². The number of carbonyl (C=O) groups is 2. The van der Waals surface area contributed by atoms with Crippen molar-refractivity contribution in [3.05, 3.63) is 77.6 Å². The fraction of sp³-hybridized carbons (Fsp3) is 0.250. The van der Waals surface area contributed by atoms with E-state index in [0.717, 1.165) is 11.4 Å². The first-order chi connectivity index (χ1) is 15.7. The summed E-state index contributed by atoms with van der Waals surface area (Å²) in [5, 5.41) is 5.14. The predicted octanol–water partition coefficient (Wildman–Crippen LogP) is 3.33. The van der Waals surface area contributed by atoms with Crippen LogP contribution in [0.4, 0.5) is 0 Å². The van der Waals surface area contributed by atoms with Crippen LogP contribution < -0.4 is 9.88 Å². The second kappa shape index (κ2) is 10.5. The van der Waals surface area contributed by atoms with Gasteiger partial charge in [0, 0.05) is 29.1 Å². The molecule has 3 aromatic rings. The lowest BCUT2D eigenvalue weighted by molar-refractivity contribution is -0.142. The van der Waals surface area contributed by atoms with Gasteiger partial charge in [0.25, 0.3) is 0 Å². The van der Waals surface area contributed by atoms with Gasteiger partial charge < -0.3 is 14.0 Å². The van der Waals surface area contributed by atoms with Crippen molar-refractivity contribution in [3.8, 4) is 11.4 Å². The summed E-state index contributed by atoms with van der Waals surface area (Å²) in [5.74, 6) is -0.0486. The van der Waals surface area contributed by atoms with Crippen LogP contribution in [0, 0.1) is 13.8 Å². The molecule has 33 heavy (non-hydrogen) atoms. The molecule has 8 nitrogen and oxygen atoms in total. The monoisotopic (exact) mass is 470 g/mol. The van der Waals surface area contributed by atoms with E-state index < -0.39 is 16.0 Å². The minimum absolute atomic E-state index is 0.00564. The van der Waals surface area contributed by atoms with Gasteiger partial charge in [-0.2, -0.15) is 0 Å². The molecule has 0 amide bonds. The highest BCUT2D eigenvalue weighted by atomic mass is 32.2. The van der Waals surface area contributed by atoms with Gasteiger partial charge in [-0.1, -0.05) is 18.2 Å². The smallest absolute Gasteiger partial charge is 0.306 e. The van der Waals surface area contributed by atoms with E-state index in [4.69, 9.17) is 14.6 Å². The Bertz CT molecular complexity index is 1230. The molecule has 0 radical (unpaired) electrons. The molecule has 0 saturated carbocycles. The summed E-state index contributed by atoms with van der Waals surface area (Å²) in [4.78, 5) is 24.6. The molecule has 174 valence electrons. The van der Waals surface area contributed by atoms with Gasteiger partial charge in [0.2, 0.25) is 15.8 Å². The van der Waals surface area contributed by atoms with Crippen molar-refractivity contribution < 1.29 is 27.5 Å². The molecule has 1 aromatic heterocycles. The average molecular weight is 471 g/mol. The van der Waals surface area contributed by atoms with Crippen LogP contribution in [0.2, 0.25) is 0 Å². The predicted molar refractivity (Wildman–Crippen MR) is 123 cm³/mol. The van der Waals surface area contributed by atoms with Crippen molar-refractivity contribution in [2.24, 2.45) is 5.14 Å². The normalized spacial score (nSPS) is 11.2. The number of benzene rings is 2. The third-order valence-corrected chi connectivity index (χ3v) is 5.99. The van der Waals surface area contributed by atoms with Crippen LogP contribution in [0.3, 0.4) is 0 Å². The average Bonchev–Trinajstić information content (AvgIpc) is 3.09. The van der Waals surface area contributed by atoms with E-state index in [1.54, 1.807) is 25.1 Å². The summed E-state index contributed by atoms with van der Waals surface area (Å²) in [6.07, 6.45) is 0.625. The van der Waals surface area contributed by atoms with E-state index in [2.05, 4.69) is 0 Å². The summed E-state index contributed by atoms with van der Waals surface area (Å²) in [6.45, 7) is 3.62. The summed E-state index contributed by atoms with van der Waals surface area (Å²) in [6, 6.07) is 17.1. The second-order valence-corrected chi connectivity index (χ2v) is 9.07. The maximum absolute atomic E-state index is 12.7. The van der Waals surface area contributed by atoms with Gasteiger partial charge in [-0.3, -0.25) is 9.59 Å². The molecule has 0 aliphatic carbocycles. The number of Topliss-reactive ketones (excluding diaryl/α,β-unsaturated/α-hetero) is 1. The van der Waals surface area contributed by atoms with Crippen molar-refractivity contribution >= 4 is 21.8 Å². The molecule has 0 aliphatic heterocycles. The van der Waals surface area contributed by atoms with Crippen LogP contribution in [0.1, 0.15) is 34.6 Å². The van der Waals surface area contributed by atoms with Gasteiger partial charge in [0.05, 0.1) is 11.5 Å².